The molecule has 0 saturated carbocycles. The van der Waals surface area contributed by atoms with Crippen molar-refractivity contribution in [1.29, 1.82) is 0 Å². The number of carbonyl (C=O) groups is 4. The van der Waals surface area contributed by atoms with Crippen LogP contribution in [0.2, 0.25) is 0 Å². The lowest BCUT2D eigenvalue weighted by molar-refractivity contribution is -0.161. The zero-order chi connectivity index (χ0) is 73.8. The number of aliphatic hydroxyl groups is 1. The third-order valence-electron chi connectivity index (χ3n) is 19.2. The number of rotatable bonds is 78. The van der Waals surface area contributed by atoms with Gasteiger partial charge in [-0.25, -0.2) is 9.13 Å². The van der Waals surface area contributed by atoms with Crippen molar-refractivity contribution in [3.8, 4) is 0 Å². The Labute approximate surface area is 613 Å². The van der Waals surface area contributed by atoms with Crippen molar-refractivity contribution < 1.29 is 80.2 Å². The van der Waals surface area contributed by atoms with Crippen LogP contribution >= 0.6 is 15.6 Å². The largest absolute Gasteiger partial charge is 0.472 e. The molecule has 0 fully saturated rings. The number of hydrogen-bond acceptors (Lipinski definition) is 15. The lowest BCUT2D eigenvalue weighted by atomic mass is 10.00. The summed E-state index contributed by atoms with van der Waals surface area (Å²) < 4.78 is 68.7. The molecule has 0 heterocycles. The number of hydrogen-bond donors (Lipinski definition) is 3. The van der Waals surface area contributed by atoms with Gasteiger partial charge in [0.15, 0.2) is 12.2 Å². The Morgan fingerprint density at radius 2 is 0.480 bits per heavy atom. The summed E-state index contributed by atoms with van der Waals surface area (Å²) in [5.74, 6) is 0.986. The van der Waals surface area contributed by atoms with E-state index in [9.17, 15) is 43.2 Å². The van der Waals surface area contributed by atoms with Crippen LogP contribution in [0.15, 0.2) is 0 Å². The van der Waals surface area contributed by atoms with Gasteiger partial charge in [-0.05, 0) is 49.4 Å². The van der Waals surface area contributed by atoms with E-state index in [-0.39, 0.29) is 25.7 Å². The fourth-order valence-electron chi connectivity index (χ4n) is 12.4. The number of carbonyl (C=O) groups excluding carboxylic acids is 4. The molecule has 17 nitrogen and oxygen atoms in total. The molecular formula is C81H158O17P2. The molecule has 0 aromatic rings. The van der Waals surface area contributed by atoms with Crippen molar-refractivity contribution in [3.05, 3.63) is 0 Å². The Bertz CT molecular complexity index is 1960. The van der Waals surface area contributed by atoms with Crippen LogP contribution in [0.25, 0.3) is 0 Å². The molecule has 0 aromatic heterocycles. The van der Waals surface area contributed by atoms with E-state index in [1.807, 2.05) is 0 Å². The minimum Gasteiger partial charge on any atom is -0.462 e. The standard InChI is InChI=1S/C81H158O17P2/c1-9-74(8)60-52-44-39-40-46-54-62-79(84)92-68-77(98-81(86)64-55-47-37-31-23-19-15-11-10-13-17-21-27-33-41-49-57-71(2)3)70-96-100(89,90)94-66-75(82)65-93-99(87,88)95-69-76(67-91-78(83)61-53-45-36-30-26-25-29-35-43-51-59-73(6)7)97-80(85)63-56-48-38-32-24-20-16-12-14-18-22-28-34-42-50-58-72(4)5/h71-77,82H,9-70H2,1-8H3,(H,87,88)(H,89,90)/t74?,75-,76-,77-/m1/s1. The van der Waals surface area contributed by atoms with Gasteiger partial charge in [0.2, 0.25) is 0 Å². The average molecular weight is 1470 g/mol. The first-order chi connectivity index (χ1) is 48.1. The van der Waals surface area contributed by atoms with Gasteiger partial charge in [0.05, 0.1) is 26.4 Å². The fourth-order valence-corrected chi connectivity index (χ4v) is 14.0. The van der Waals surface area contributed by atoms with Crippen LogP contribution in [0.5, 0.6) is 0 Å². The molecule has 6 atom stereocenters. The molecule has 0 radical (unpaired) electrons. The van der Waals surface area contributed by atoms with Crippen LogP contribution in [0.3, 0.4) is 0 Å². The molecule has 0 aliphatic heterocycles. The van der Waals surface area contributed by atoms with E-state index in [0.717, 1.165) is 120 Å². The monoisotopic (exact) mass is 1470 g/mol. The van der Waals surface area contributed by atoms with Crippen LogP contribution < -0.4 is 0 Å². The molecule has 3 unspecified atom stereocenters. The highest BCUT2D eigenvalue weighted by atomic mass is 31.2. The van der Waals surface area contributed by atoms with E-state index in [1.165, 1.54) is 212 Å². The Hall–Kier alpha value is -1.94. The number of esters is 4. The van der Waals surface area contributed by atoms with Gasteiger partial charge in [-0.1, -0.05) is 364 Å². The van der Waals surface area contributed by atoms with Crippen molar-refractivity contribution in [2.75, 3.05) is 39.6 Å². The summed E-state index contributed by atoms with van der Waals surface area (Å²) in [7, 11) is -9.92. The third-order valence-corrected chi connectivity index (χ3v) is 21.1. The van der Waals surface area contributed by atoms with Gasteiger partial charge >= 0.3 is 39.5 Å². The zero-order valence-corrected chi connectivity index (χ0v) is 67.6. The second-order valence-corrected chi connectivity index (χ2v) is 33.7. The average Bonchev–Trinajstić information content (AvgIpc) is 0.957. The van der Waals surface area contributed by atoms with Crippen LogP contribution in [0, 0.1) is 23.7 Å². The zero-order valence-electron chi connectivity index (χ0n) is 65.8. The van der Waals surface area contributed by atoms with E-state index in [4.69, 9.17) is 37.0 Å². The highest BCUT2D eigenvalue weighted by Crippen LogP contribution is 2.45. The van der Waals surface area contributed by atoms with Gasteiger partial charge in [-0.2, -0.15) is 0 Å². The predicted octanol–water partition coefficient (Wildman–Crippen LogP) is 24.0. The summed E-state index contributed by atoms with van der Waals surface area (Å²) >= 11 is 0. The van der Waals surface area contributed by atoms with E-state index >= 15 is 0 Å². The summed E-state index contributed by atoms with van der Waals surface area (Å²) in [5, 5.41) is 10.6. The molecule has 0 rings (SSSR count). The lowest BCUT2D eigenvalue weighted by Gasteiger charge is -2.21. The number of phosphoric acid groups is 2. The molecular weight excluding hydrogens is 1310 g/mol. The van der Waals surface area contributed by atoms with Crippen molar-refractivity contribution in [2.24, 2.45) is 23.7 Å². The quantitative estimate of drug-likeness (QED) is 0.0222. The van der Waals surface area contributed by atoms with Gasteiger partial charge in [-0.3, -0.25) is 37.3 Å². The van der Waals surface area contributed by atoms with E-state index in [1.54, 1.807) is 0 Å². The van der Waals surface area contributed by atoms with Crippen LogP contribution in [0.4, 0.5) is 0 Å². The summed E-state index contributed by atoms with van der Waals surface area (Å²) in [5.41, 5.74) is 0. The van der Waals surface area contributed by atoms with Crippen LogP contribution in [-0.4, -0.2) is 96.7 Å². The lowest BCUT2D eigenvalue weighted by Crippen LogP contribution is -2.30. The van der Waals surface area contributed by atoms with Crippen LogP contribution in [-0.2, 0) is 65.4 Å². The molecule has 0 bridgehead atoms. The fraction of sp³-hybridized carbons (Fsp3) is 0.951. The topological polar surface area (TPSA) is 237 Å². The molecule has 594 valence electrons. The van der Waals surface area contributed by atoms with Crippen molar-refractivity contribution in [3.63, 3.8) is 0 Å². The Morgan fingerprint density at radius 3 is 0.710 bits per heavy atom. The summed E-state index contributed by atoms with van der Waals surface area (Å²) in [6.07, 6.45) is 56.9. The maximum atomic E-state index is 13.1. The Balaban J connectivity index is 5.23. The first-order valence-corrected chi connectivity index (χ1v) is 44.7. The predicted molar refractivity (Wildman–Crippen MR) is 409 cm³/mol. The maximum absolute atomic E-state index is 13.1. The molecule has 0 aromatic carbocycles. The summed E-state index contributed by atoms with van der Waals surface area (Å²) in [6.45, 7) is 14.3. The van der Waals surface area contributed by atoms with Crippen molar-refractivity contribution >= 4 is 39.5 Å². The first-order valence-electron chi connectivity index (χ1n) is 41.7. The summed E-state index contributed by atoms with van der Waals surface area (Å²) in [6, 6.07) is 0. The number of ether oxygens (including phenoxy) is 4. The first kappa shape index (κ1) is 98.1. The van der Waals surface area contributed by atoms with Gasteiger partial charge in [0.1, 0.15) is 19.3 Å². The minimum atomic E-state index is -4.96. The second-order valence-electron chi connectivity index (χ2n) is 30.8. The van der Waals surface area contributed by atoms with E-state index < -0.39 is 97.5 Å². The van der Waals surface area contributed by atoms with Gasteiger partial charge < -0.3 is 33.8 Å². The molecule has 3 N–H and O–H groups in total. The number of phosphoric ester groups is 2. The highest BCUT2D eigenvalue weighted by Gasteiger charge is 2.30. The van der Waals surface area contributed by atoms with Gasteiger partial charge in [-0.15, -0.1) is 0 Å². The van der Waals surface area contributed by atoms with Crippen LogP contribution in [0.1, 0.15) is 415 Å². The number of aliphatic hydroxyl groups excluding tert-OH is 1. The molecule has 0 spiro atoms. The van der Waals surface area contributed by atoms with Crippen molar-refractivity contribution in [1.82, 2.24) is 0 Å². The molecule has 100 heavy (non-hydrogen) atoms. The molecule has 0 saturated heterocycles. The van der Waals surface area contributed by atoms with E-state index in [0.29, 0.717) is 25.7 Å². The summed E-state index contributed by atoms with van der Waals surface area (Å²) in [4.78, 5) is 73.0. The molecule has 0 aliphatic rings. The van der Waals surface area contributed by atoms with Crippen molar-refractivity contribution in [2.45, 2.75) is 433 Å². The highest BCUT2D eigenvalue weighted by molar-refractivity contribution is 7.47. The third kappa shape index (κ3) is 73.0. The second kappa shape index (κ2) is 70.1. The molecule has 0 amide bonds. The van der Waals surface area contributed by atoms with Gasteiger partial charge in [0.25, 0.3) is 0 Å². The van der Waals surface area contributed by atoms with Gasteiger partial charge in [0, 0.05) is 25.7 Å². The Kier molecular flexibility index (Phi) is 68.7. The smallest absolute Gasteiger partial charge is 0.462 e. The molecule has 19 heteroatoms. The normalized spacial score (nSPS) is 14.3. The SMILES string of the molecule is CCC(C)CCCCCCCCC(=O)OC[C@H](COP(=O)(O)OC[C@H](O)COP(=O)(O)OC[C@@H](COC(=O)CCCCCCCCCCCCC(C)C)OC(=O)CCCCCCCCCCCCCCCCCC(C)C)OC(=O)CCCCCCCCCCCCCCCCCCC(C)C. The maximum Gasteiger partial charge on any atom is 0.472 e. The minimum absolute atomic E-state index is 0.107. The number of unbranched alkanes of at least 4 members (excludes halogenated alkanes) is 43. The molecule has 0 aliphatic carbocycles. The van der Waals surface area contributed by atoms with E-state index in [2.05, 4.69) is 55.4 Å². The Morgan fingerprint density at radius 1 is 0.280 bits per heavy atom.